The van der Waals surface area contributed by atoms with Gasteiger partial charge in [0.2, 0.25) is 0 Å². The van der Waals surface area contributed by atoms with E-state index in [1.807, 2.05) is 23.5 Å². The molecule has 0 N–H and O–H groups in total. The van der Waals surface area contributed by atoms with E-state index in [0.717, 1.165) is 5.25 Å². The van der Waals surface area contributed by atoms with Crippen molar-refractivity contribution in [2.75, 3.05) is 11.5 Å². The van der Waals surface area contributed by atoms with Gasteiger partial charge in [-0.1, -0.05) is 27.2 Å². The van der Waals surface area contributed by atoms with Gasteiger partial charge in [-0.3, -0.25) is 0 Å². The Hall–Kier alpha value is 0.700. The van der Waals surface area contributed by atoms with Crippen LogP contribution in [0.1, 0.15) is 33.6 Å². The Kier molecular flexibility index (Phi) is 9.35. The molecule has 0 heterocycles. The third-order valence-corrected chi connectivity index (χ3v) is 3.39. The predicted octanol–water partition coefficient (Wildman–Crippen LogP) is 3.82. The van der Waals surface area contributed by atoms with E-state index < -0.39 is 0 Å². The second-order valence-electron chi connectivity index (χ2n) is 2.77. The summed E-state index contributed by atoms with van der Waals surface area (Å²) in [7, 11) is 0. The molecule has 2 heteroatoms. The van der Waals surface area contributed by atoms with Gasteiger partial charge in [0.05, 0.1) is 0 Å². The van der Waals surface area contributed by atoms with E-state index in [9.17, 15) is 0 Å². The summed E-state index contributed by atoms with van der Waals surface area (Å²) in [6.45, 7) is 6.73. The molecule has 67 valence electrons. The smallest absolute Gasteiger partial charge is 0.0265 e. The fraction of sp³-hybridized carbons (Fsp3) is 0.889. The molecule has 0 saturated carbocycles. The summed E-state index contributed by atoms with van der Waals surface area (Å²) in [5.41, 5.74) is 0. The Labute approximate surface area is 79.9 Å². The average Bonchev–Trinajstić information content (AvgIpc) is 1.96. The maximum atomic E-state index is 2.33. The quantitative estimate of drug-likeness (QED) is 0.561. The molecule has 0 unspecified atom stereocenters. The third kappa shape index (κ3) is 10.7. The van der Waals surface area contributed by atoms with Crippen molar-refractivity contribution in [3.05, 3.63) is 5.75 Å². The molecule has 0 nitrogen and oxygen atoms in total. The van der Waals surface area contributed by atoms with Gasteiger partial charge in [0.15, 0.2) is 0 Å². The van der Waals surface area contributed by atoms with E-state index >= 15 is 0 Å². The zero-order chi connectivity index (χ0) is 8.53. The molecule has 0 rings (SSSR count). The highest BCUT2D eigenvalue weighted by atomic mass is 32.2. The van der Waals surface area contributed by atoms with Gasteiger partial charge in [-0.25, -0.2) is 0 Å². The van der Waals surface area contributed by atoms with Gasteiger partial charge in [-0.05, 0) is 17.4 Å². The third-order valence-electron chi connectivity index (χ3n) is 1.23. The topological polar surface area (TPSA) is 0 Å². The summed E-state index contributed by atoms with van der Waals surface area (Å²) in [4.78, 5) is 0. The molecule has 11 heavy (non-hydrogen) atoms. The Morgan fingerprint density at radius 1 is 1.36 bits per heavy atom. The maximum Gasteiger partial charge on any atom is 0.0265 e. The van der Waals surface area contributed by atoms with Gasteiger partial charge in [-0.15, -0.1) is 0 Å². The first-order valence-corrected chi connectivity index (χ1v) is 6.42. The largest absolute Gasteiger partial charge is 0.158 e. The average molecular weight is 191 g/mol. The summed E-state index contributed by atoms with van der Waals surface area (Å²) in [6.07, 6.45) is 2.67. The Morgan fingerprint density at radius 2 is 2.09 bits per heavy atom. The van der Waals surface area contributed by atoms with Crippen LogP contribution in [0.5, 0.6) is 0 Å². The van der Waals surface area contributed by atoms with E-state index in [0.29, 0.717) is 0 Å². The number of thioether (sulfide) groups is 2. The second-order valence-corrected chi connectivity index (χ2v) is 5.46. The van der Waals surface area contributed by atoms with Crippen LogP contribution < -0.4 is 0 Å². The van der Waals surface area contributed by atoms with Gasteiger partial charge in [0, 0.05) is 11.5 Å². The lowest BCUT2D eigenvalue weighted by atomic mass is 10.4. The minimum Gasteiger partial charge on any atom is -0.158 e. The number of hydrogen-bond acceptors (Lipinski definition) is 2. The second kappa shape index (κ2) is 8.79. The van der Waals surface area contributed by atoms with Crippen LogP contribution in [0.4, 0.5) is 0 Å². The standard InChI is InChI=1S/C9H19S2/c1-4-5-6-10-7-8-11-9(2)3/h7,9H,4-6,8H2,1-3H3. The van der Waals surface area contributed by atoms with Crippen molar-refractivity contribution in [3.8, 4) is 0 Å². The molecule has 0 spiro atoms. The minimum absolute atomic E-state index is 0.776. The molecular formula is C9H19S2. The van der Waals surface area contributed by atoms with Crippen LogP contribution in [-0.4, -0.2) is 16.8 Å². The van der Waals surface area contributed by atoms with Crippen molar-refractivity contribution in [2.24, 2.45) is 0 Å². The molecule has 0 aromatic rings. The Morgan fingerprint density at radius 3 is 2.64 bits per heavy atom. The first-order valence-electron chi connectivity index (χ1n) is 4.32. The number of unbranched alkanes of at least 4 members (excludes halogenated alkanes) is 1. The molecule has 0 aromatic carbocycles. The van der Waals surface area contributed by atoms with E-state index in [-0.39, 0.29) is 0 Å². The van der Waals surface area contributed by atoms with E-state index in [2.05, 4.69) is 26.5 Å². The highest BCUT2D eigenvalue weighted by molar-refractivity contribution is 8.04. The van der Waals surface area contributed by atoms with Crippen LogP contribution in [0, 0.1) is 5.75 Å². The first kappa shape index (κ1) is 11.7. The van der Waals surface area contributed by atoms with Crippen LogP contribution in [0.15, 0.2) is 0 Å². The molecule has 0 aliphatic heterocycles. The van der Waals surface area contributed by atoms with E-state index in [4.69, 9.17) is 0 Å². The van der Waals surface area contributed by atoms with Crippen LogP contribution in [-0.2, 0) is 0 Å². The normalized spacial score (nSPS) is 10.9. The van der Waals surface area contributed by atoms with Crippen LogP contribution in [0.25, 0.3) is 0 Å². The van der Waals surface area contributed by atoms with Gasteiger partial charge >= 0.3 is 0 Å². The molecule has 0 saturated heterocycles. The fourth-order valence-corrected chi connectivity index (χ4v) is 2.30. The molecule has 0 amide bonds. The van der Waals surface area contributed by atoms with Crippen LogP contribution >= 0.6 is 23.5 Å². The van der Waals surface area contributed by atoms with Crippen molar-refractivity contribution in [1.82, 2.24) is 0 Å². The van der Waals surface area contributed by atoms with Crippen molar-refractivity contribution in [3.63, 3.8) is 0 Å². The molecule has 1 radical (unpaired) electrons. The van der Waals surface area contributed by atoms with Gasteiger partial charge < -0.3 is 0 Å². The monoisotopic (exact) mass is 191 g/mol. The fourth-order valence-electron chi connectivity index (χ4n) is 0.591. The molecule has 0 aliphatic rings. The minimum atomic E-state index is 0.776. The number of hydrogen-bond donors (Lipinski definition) is 0. The summed E-state index contributed by atoms with van der Waals surface area (Å²) in [6, 6.07) is 0. The van der Waals surface area contributed by atoms with Crippen molar-refractivity contribution in [1.29, 1.82) is 0 Å². The zero-order valence-corrected chi connectivity index (χ0v) is 9.43. The van der Waals surface area contributed by atoms with Crippen molar-refractivity contribution >= 4 is 23.5 Å². The van der Waals surface area contributed by atoms with Gasteiger partial charge in [0.25, 0.3) is 0 Å². The molecule has 0 atom stereocenters. The van der Waals surface area contributed by atoms with E-state index in [1.165, 1.54) is 24.3 Å². The molecule has 0 bridgehead atoms. The highest BCUT2D eigenvalue weighted by Crippen LogP contribution is 2.16. The molecule has 0 fully saturated rings. The van der Waals surface area contributed by atoms with Crippen LogP contribution in [0.3, 0.4) is 0 Å². The zero-order valence-electron chi connectivity index (χ0n) is 7.80. The SMILES string of the molecule is CCCCS[CH]CSC(C)C. The van der Waals surface area contributed by atoms with Gasteiger partial charge in [-0.2, -0.15) is 23.5 Å². The van der Waals surface area contributed by atoms with Crippen molar-refractivity contribution in [2.45, 2.75) is 38.9 Å². The lowest BCUT2D eigenvalue weighted by Crippen LogP contribution is -1.89. The summed E-state index contributed by atoms with van der Waals surface area (Å²) >= 11 is 3.99. The number of rotatable bonds is 7. The lowest BCUT2D eigenvalue weighted by Gasteiger charge is -2.03. The lowest BCUT2D eigenvalue weighted by molar-refractivity contribution is 0.897. The maximum absolute atomic E-state index is 2.33. The van der Waals surface area contributed by atoms with Gasteiger partial charge in [0.1, 0.15) is 0 Å². The first-order chi connectivity index (χ1) is 5.27. The molecular weight excluding hydrogens is 172 g/mol. The Balaban J connectivity index is 2.80. The highest BCUT2D eigenvalue weighted by Gasteiger charge is 1.93. The summed E-state index contributed by atoms with van der Waals surface area (Å²) < 4.78 is 0. The van der Waals surface area contributed by atoms with Crippen LogP contribution in [0.2, 0.25) is 0 Å². The van der Waals surface area contributed by atoms with Crippen molar-refractivity contribution < 1.29 is 0 Å². The predicted molar refractivity (Wildman–Crippen MR) is 59.3 cm³/mol. The van der Waals surface area contributed by atoms with E-state index in [1.54, 1.807) is 0 Å². The molecule has 0 aliphatic carbocycles. The summed E-state index contributed by atoms with van der Waals surface area (Å²) in [5.74, 6) is 4.83. The summed E-state index contributed by atoms with van der Waals surface area (Å²) in [5, 5.41) is 0.776. The Bertz CT molecular complexity index is 72.0. The molecule has 0 aromatic heterocycles.